The van der Waals surface area contributed by atoms with E-state index >= 15 is 0 Å². The van der Waals surface area contributed by atoms with Gasteiger partial charge in [0.15, 0.2) is 0 Å². The van der Waals surface area contributed by atoms with Gasteiger partial charge in [0, 0.05) is 24.5 Å². The first-order valence-electron chi connectivity index (χ1n) is 4.85. The van der Waals surface area contributed by atoms with Crippen molar-refractivity contribution in [2.24, 2.45) is 0 Å². The average molecular weight is 284 g/mol. The van der Waals surface area contributed by atoms with Gasteiger partial charge >= 0.3 is 0 Å². The van der Waals surface area contributed by atoms with Crippen molar-refractivity contribution >= 4 is 23.8 Å². The van der Waals surface area contributed by atoms with Crippen LogP contribution in [0, 0.1) is 20.2 Å². The van der Waals surface area contributed by atoms with Crippen LogP contribution in [0.25, 0.3) is 0 Å². The summed E-state index contributed by atoms with van der Waals surface area (Å²) in [7, 11) is 0. The highest BCUT2D eigenvalue weighted by molar-refractivity contribution is 5.85. The summed E-state index contributed by atoms with van der Waals surface area (Å²) in [5, 5.41) is 20.3. The van der Waals surface area contributed by atoms with Gasteiger partial charge in [0.2, 0.25) is 0 Å². The third-order valence-electron chi connectivity index (χ3n) is 1.82. The van der Waals surface area contributed by atoms with Crippen LogP contribution < -0.4 is 0 Å². The van der Waals surface area contributed by atoms with Gasteiger partial charge in [-0.2, -0.15) is 0 Å². The molecule has 0 aliphatic rings. The van der Waals surface area contributed by atoms with Crippen LogP contribution in [0.15, 0.2) is 54.9 Å². The molecule has 0 aliphatic heterocycles. The zero-order valence-electron chi connectivity index (χ0n) is 9.58. The van der Waals surface area contributed by atoms with E-state index in [0.29, 0.717) is 0 Å². The lowest BCUT2D eigenvalue weighted by molar-refractivity contribution is -0.394. The number of nitro benzene ring substituents is 2. The summed E-state index contributed by atoms with van der Waals surface area (Å²) < 4.78 is 0. The number of nitrogens with zero attached hydrogens (tertiary/aromatic N) is 3. The van der Waals surface area contributed by atoms with Crippen LogP contribution in [-0.2, 0) is 0 Å². The minimum Gasteiger partial charge on any atom is -0.265 e. The van der Waals surface area contributed by atoms with E-state index in [1.165, 1.54) is 18.2 Å². The molecular formula is C11H10ClN3O4. The minimum atomic E-state index is -0.674. The minimum absolute atomic E-state index is 0. The van der Waals surface area contributed by atoms with Crippen LogP contribution in [-0.4, -0.2) is 14.8 Å². The molecule has 2 rings (SSSR count). The van der Waals surface area contributed by atoms with Gasteiger partial charge in [-0.15, -0.1) is 12.4 Å². The second kappa shape index (κ2) is 8.54. The molecule has 8 heteroatoms. The van der Waals surface area contributed by atoms with Crippen LogP contribution in [0.4, 0.5) is 11.4 Å². The molecule has 0 saturated heterocycles. The van der Waals surface area contributed by atoms with Gasteiger partial charge in [0.1, 0.15) is 0 Å². The smallest absolute Gasteiger partial charge is 0.265 e. The largest absolute Gasteiger partial charge is 0.276 e. The number of rotatable bonds is 2. The number of hydrogen-bond acceptors (Lipinski definition) is 5. The zero-order chi connectivity index (χ0) is 13.4. The monoisotopic (exact) mass is 283 g/mol. The normalized spacial score (nSPS) is 8.42. The first kappa shape index (κ1) is 16.5. The molecule has 0 unspecified atom stereocenters. The lowest BCUT2D eigenvalue weighted by atomic mass is 10.3. The third kappa shape index (κ3) is 6.08. The first-order valence-corrected chi connectivity index (χ1v) is 4.85. The van der Waals surface area contributed by atoms with Crippen LogP contribution in [0.5, 0.6) is 0 Å². The van der Waals surface area contributed by atoms with Crippen LogP contribution in [0.2, 0.25) is 0 Å². The average Bonchev–Trinajstić information content (AvgIpc) is 2.41. The predicted octanol–water partition coefficient (Wildman–Crippen LogP) is 3.01. The van der Waals surface area contributed by atoms with Gasteiger partial charge in [0.05, 0.1) is 15.9 Å². The quantitative estimate of drug-likeness (QED) is 0.623. The van der Waals surface area contributed by atoms with Gasteiger partial charge < -0.3 is 0 Å². The Labute approximate surface area is 114 Å². The molecule has 100 valence electrons. The fourth-order valence-electron chi connectivity index (χ4n) is 1.03. The molecule has 0 spiro atoms. The van der Waals surface area contributed by atoms with E-state index < -0.39 is 9.85 Å². The lowest BCUT2D eigenvalue weighted by Gasteiger charge is -1.90. The van der Waals surface area contributed by atoms with Gasteiger partial charge in [-0.3, -0.25) is 25.2 Å². The van der Waals surface area contributed by atoms with Crippen molar-refractivity contribution in [2.75, 3.05) is 0 Å². The Kier molecular flexibility index (Phi) is 7.39. The molecule has 0 radical (unpaired) electrons. The molecule has 2 aromatic rings. The van der Waals surface area contributed by atoms with Gasteiger partial charge in [-0.05, 0) is 18.2 Å². The van der Waals surface area contributed by atoms with Crippen molar-refractivity contribution < 1.29 is 9.85 Å². The number of aromatic nitrogens is 1. The highest BCUT2D eigenvalue weighted by Crippen LogP contribution is 2.18. The second-order valence-electron chi connectivity index (χ2n) is 3.06. The molecule has 0 aliphatic carbocycles. The summed E-state index contributed by atoms with van der Waals surface area (Å²) >= 11 is 0. The van der Waals surface area contributed by atoms with E-state index in [2.05, 4.69) is 4.98 Å². The van der Waals surface area contributed by atoms with E-state index in [9.17, 15) is 20.2 Å². The third-order valence-corrected chi connectivity index (χ3v) is 1.82. The van der Waals surface area contributed by atoms with E-state index in [1.807, 2.05) is 18.2 Å². The van der Waals surface area contributed by atoms with E-state index in [1.54, 1.807) is 12.4 Å². The van der Waals surface area contributed by atoms with Crippen molar-refractivity contribution in [1.82, 2.24) is 4.98 Å². The Balaban J connectivity index is 0.000000392. The van der Waals surface area contributed by atoms with Crippen LogP contribution in [0.1, 0.15) is 0 Å². The molecule has 0 atom stereocenters. The van der Waals surface area contributed by atoms with Crippen molar-refractivity contribution in [1.29, 1.82) is 0 Å². The highest BCUT2D eigenvalue weighted by Gasteiger charge is 2.11. The molecule has 1 heterocycles. The summed E-state index contributed by atoms with van der Waals surface area (Å²) in [6.45, 7) is 0. The Bertz CT molecular complexity index is 481. The van der Waals surface area contributed by atoms with Crippen molar-refractivity contribution in [3.05, 3.63) is 75.1 Å². The number of hydrogen-bond donors (Lipinski definition) is 0. The highest BCUT2D eigenvalue weighted by atomic mass is 35.5. The maximum absolute atomic E-state index is 10.2. The molecule has 0 bridgehead atoms. The molecule has 0 saturated carbocycles. The van der Waals surface area contributed by atoms with Crippen molar-refractivity contribution in [2.45, 2.75) is 0 Å². The number of halogens is 1. The fraction of sp³-hybridized carbons (Fsp3) is 0. The Morgan fingerprint density at radius 1 is 0.842 bits per heavy atom. The summed E-state index contributed by atoms with van der Waals surface area (Å²) in [6, 6.07) is 10.3. The Morgan fingerprint density at radius 2 is 1.32 bits per heavy atom. The van der Waals surface area contributed by atoms with Crippen molar-refractivity contribution in [3.8, 4) is 0 Å². The van der Waals surface area contributed by atoms with E-state index in [4.69, 9.17) is 0 Å². The number of nitro groups is 2. The van der Waals surface area contributed by atoms with Crippen LogP contribution in [0.3, 0.4) is 0 Å². The SMILES string of the molecule is Cl.O=[N+]([O-])c1cccc([N+](=O)[O-])c1.c1ccncc1. The molecule has 0 amide bonds. The number of benzene rings is 1. The van der Waals surface area contributed by atoms with E-state index in [0.717, 1.165) is 6.07 Å². The summed E-state index contributed by atoms with van der Waals surface area (Å²) in [4.78, 5) is 22.8. The Hall–Kier alpha value is -2.54. The standard InChI is InChI=1S/C6H4N2O4.C5H5N.ClH/c9-7(10)5-2-1-3-6(4-5)8(11)12;1-2-4-6-5-3-1;/h1-4H;1-5H;1H. The number of pyridine rings is 1. The first-order chi connectivity index (χ1) is 8.61. The maximum atomic E-state index is 10.2. The Morgan fingerprint density at radius 3 is 1.58 bits per heavy atom. The van der Waals surface area contributed by atoms with Crippen LogP contribution >= 0.6 is 12.4 Å². The predicted molar refractivity (Wildman–Crippen MR) is 71.2 cm³/mol. The lowest BCUT2D eigenvalue weighted by Crippen LogP contribution is -1.91. The maximum Gasteiger partial charge on any atom is 0.276 e. The molecule has 1 aromatic heterocycles. The summed E-state index contributed by atoms with van der Waals surface area (Å²) in [6.07, 6.45) is 3.50. The van der Waals surface area contributed by atoms with Gasteiger partial charge in [-0.25, -0.2) is 0 Å². The molecule has 7 nitrogen and oxygen atoms in total. The van der Waals surface area contributed by atoms with E-state index in [-0.39, 0.29) is 23.8 Å². The zero-order valence-corrected chi connectivity index (χ0v) is 10.4. The fourth-order valence-corrected chi connectivity index (χ4v) is 1.03. The molecule has 19 heavy (non-hydrogen) atoms. The molecule has 0 N–H and O–H groups in total. The second-order valence-corrected chi connectivity index (χ2v) is 3.06. The van der Waals surface area contributed by atoms with Gasteiger partial charge in [0.25, 0.3) is 11.4 Å². The van der Waals surface area contributed by atoms with Crippen molar-refractivity contribution in [3.63, 3.8) is 0 Å². The van der Waals surface area contributed by atoms with Gasteiger partial charge in [-0.1, -0.05) is 6.07 Å². The summed E-state index contributed by atoms with van der Waals surface area (Å²) in [5.41, 5.74) is -0.548. The summed E-state index contributed by atoms with van der Waals surface area (Å²) in [5.74, 6) is 0. The molecular weight excluding hydrogens is 274 g/mol. The molecule has 0 fully saturated rings. The topological polar surface area (TPSA) is 99.2 Å². The number of non-ortho nitro benzene ring substituents is 2. The molecule has 1 aromatic carbocycles.